The molecule has 3 N–H and O–H groups in total. The zero-order valence-corrected chi connectivity index (χ0v) is 11.0. The predicted octanol–water partition coefficient (Wildman–Crippen LogP) is 2.57. The van der Waals surface area contributed by atoms with Crippen molar-refractivity contribution in [2.24, 2.45) is 5.73 Å². The van der Waals surface area contributed by atoms with Gasteiger partial charge in [0.25, 0.3) is 0 Å². The molecule has 0 amide bonds. The lowest BCUT2D eigenvalue weighted by molar-refractivity contribution is 0.186. The first-order valence-corrected chi connectivity index (χ1v) is 6.35. The van der Waals surface area contributed by atoms with Crippen LogP contribution in [-0.4, -0.2) is 11.7 Å². The molecule has 2 aromatic rings. The Bertz CT molecular complexity index is 505. The first-order valence-electron chi connectivity index (χ1n) is 6.35. The molecule has 0 aliphatic carbocycles. The van der Waals surface area contributed by atoms with Crippen molar-refractivity contribution in [1.82, 2.24) is 0 Å². The van der Waals surface area contributed by atoms with E-state index in [-0.39, 0.29) is 6.54 Å². The molecule has 1 unspecified atom stereocenters. The van der Waals surface area contributed by atoms with Crippen molar-refractivity contribution in [3.05, 3.63) is 65.2 Å². The molecule has 0 saturated carbocycles. The highest BCUT2D eigenvalue weighted by atomic mass is 16.5. The second kappa shape index (κ2) is 6.36. The topological polar surface area (TPSA) is 55.5 Å². The SMILES string of the molecule is Cc1ccc(COc2ccc(C(O)CN)cc2)cc1. The first-order chi connectivity index (χ1) is 9.19. The molecule has 3 nitrogen and oxygen atoms in total. The minimum absolute atomic E-state index is 0.226. The lowest BCUT2D eigenvalue weighted by Crippen LogP contribution is -2.11. The van der Waals surface area contributed by atoms with Gasteiger partial charge < -0.3 is 15.6 Å². The van der Waals surface area contributed by atoms with E-state index in [1.165, 1.54) is 5.56 Å². The van der Waals surface area contributed by atoms with Gasteiger partial charge in [0.05, 0.1) is 6.10 Å². The summed E-state index contributed by atoms with van der Waals surface area (Å²) in [6.07, 6.45) is -0.605. The van der Waals surface area contributed by atoms with Crippen LogP contribution >= 0.6 is 0 Å². The monoisotopic (exact) mass is 257 g/mol. The van der Waals surface area contributed by atoms with Crippen LogP contribution in [0.4, 0.5) is 0 Å². The van der Waals surface area contributed by atoms with Crippen molar-refractivity contribution in [2.75, 3.05) is 6.54 Å². The van der Waals surface area contributed by atoms with Crippen LogP contribution in [0.15, 0.2) is 48.5 Å². The summed E-state index contributed by atoms with van der Waals surface area (Å²) in [7, 11) is 0. The zero-order chi connectivity index (χ0) is 13.7. The quantitative estimate of drug-likeness (QED) is 0.865. The van der Waals surface area contributed by atoms with E-state index in [1.807, 2.05) is 24.3 Å². The highest BCUT2D eigenvalue weighted by molar-refractivity contribution is 5.29. The van der Waals surface area contributed by atoms with E-state index in [4.69, 9.17) is 10.5 Å². The molecule has 0 saturated heterocycles. The number of hydrogen-bond donors (Lipinski definition) is 2. The summed E-state index contributed by atoms with van der Waals surface area (Å²) in [6.45, 7) is 2.83. The second-order valence-corrected chi connectivity index (χ2v) is 4.59. The molecule has 0 aromatic heterocycles. The van der Waals surface area contributed by atoms with E-state index in [9.17, 15) is 5.11 Å². The van der Waals surface area contributed by atoms with Crippen molar-refractivity contribution in [2.45, 2.75) is 19.6 Å². The number of aryl methyl sites for hydroxylation is 1. The summed E-state index contributed by atoms with van der Waals surface area (Å²) in [5.41, 5.74) is 8.59. The highest BCUT2D eigenvalue weighted by Crippen LogP contribution is 2.18. The summed E-state index contributed by atoms with van der Waals surface area (Å²) < 4.78 is 5.69. The summed E-state index contributed by atoms with van der Waals surface area (Å²) in [6, 6.07) is 15.6. The Hall–Kier alpha value is -1.84. The van der Waals surface area contributed by atoms with Crippen LogP contribution in [0.1, 0.15) is 22.8 Å². The number of benzene rings is 2. The van der Waals surface area contributed by atoms with E-state index in [0.29, 0.717) is 6.61 Å². The van der Waals surface area contributed by atoms with Gasteiger partial charge in [0.1, 0.15) is 12.4 Å². The Balaban J connectivity index is 1.94. The van der Waals surface area contributed by atoms with Gasteiger partial charge in [-0.05, 0) is 30.2 Å². The van der Waals surface area contributed by atoms with Crippen LogP contribution in [0, 0.1) is 6.92 Å². The number of hydrogen-bond acceptors (Lipinski definition) is 3. The average molecular weight is 257 g/mol. The normalized spacial score (nSPS) is 12.2. The van der Waals surface area contributed by atoms with Crippen molar-refractivity contribution >= 4 is 0 Å². The van der Waals surface area contributed by atoms with E-state index in [2.05, 4.69) is 31.2 Å². The lowest BCUT2D eigenvalue weighted by atomic mass is 10.1. The molecule has 0 radical (unpaired) electrons. The molecule has 0 heterocycles. The predicted molar refractivity (Wildman–Crippen MR) is 76.0 cm³/mol. The van der Waals surface area contributed by atoms with Crippen molar-refractivity contribution in [1.29, 1.82) is 0 Å². The maximum absolute atomic E-state index is 9.59. The maximum atomic E-state index is 9.59. The zero-order valence-electron chi connectivity index (χ0n) is 11.0. The fraction of sp³-hybridized carbons (Fsp3) is 0.250. The van der Waals surface area contributed by atoms with Crippen LogP contribution in [0.3, 0.4) is 0 Å². The molecular formula is C16H19NO2. The van der Waals surface area contributed by atoms with Gasteiger partial charge in [-0.15, -0.1) is 0 Å². The van der Waals surface area contributed by atoms with Gasteiger partial charge in [-0.1, -0.05) is 42.0 Å². The summed E-state index contributed by atoms with van der Waals surface area (Å²) in [4.78, 5) is 0. The Morgan fingerprint density at radius 3 is 2.26 bits per heavy atom. The Kier molecular flexibility index (Phi) is 4.55. The molecule has 2 aromatic carbocycles. The Morgan fingerprint density at radius 2 is 1.68 bits per heavy atom. The second-order valence-electron chi connectivity index (χ2n) is 4.59. The molecule has 19 heavy (non-hydrogen) atoms. The fourth-order valence-electron chi connectivity index (χ4n) is 1.77. The van der Waals surface area contributed by atoms with Gasteiger partial charge in [0.15, 0.2) is 0 Å². The van der Waals surface area contributed by atoms with Crippen LogP contribution in [0.5, 0.6) is 5.75 Å². The number of rotatable bonds is 5. The number of aliphatic hydroxyl groups is 1. The van der Waals surface area contributed by atoms with Gasteiger partial charge in [0, 0.05) is 6.54 Å². The third-order valence-electron chi connectivity index (χ3n) is 3.01. The molecule has 100 valence electrons. The number of aliphatic hydroxyl groups excluding tert-OH is 1. The first kappa shape index (κ1) is 13.6. The standard InChI is InChI=1S/C16H19NO2/c1-12-2-4-13(5-3-12)11-19-15-8-6-14(7-9-15)16(18)10-17/h2-9,16,18H,10-11,17H2,1H3. The molecule has 1 atom stereocenters. The summed E-state index contributed by atoms with van der Waals surface area (Å²) in [5.74, 6) is 0.786. The van der Waals surface area contributed by atoms with E-state index < -0.39 is 6.10 Å². The van der Waals surface area contributed by atoms with Crippen molar-refractivity contribution < 1.29 is 9.84 Å². The largest absolute Gasteiger partial charge is 0.489 e. The molecule has 0 spiro atoms. The molecule has 0 aliphatic rings. The molecular weight excluding hydrogens is 238 g/mol. The average Bonchev–Trinajstić information content (AvgIpc) is 2.46. The number of nitrogens with two attached hydrogens (primary N) is 1. The van der Waals surface area contributed by atoms with Crippen LogP contribution in [0.2, 0.25) is 0 Å². The Labute approximate surface area is 113 Å². The maximum Gasteiger partial charge on any atom is 0.119 e. The summed E-state index contributed by atoms with van der Waals surface area (Å²) >= 11 is 0. The van der Waals surface area contributed by atoms with Crippen LogP contribution in [-0.2, 0) is 6.61 Å². The third kappa shape index (κ3) is 3.81. The highest BCUT2D eigenvalue weighted by Gasteiger charge is 2.04. The molecule has 2 rings (SSSR count). The van der Waals surface area contributed by atoms with E-state index >= 15 is 0 Å². The van der Waals surface area contributed by atoms with Crippen LogP contribution < -0.4 is 10.5 Å². The van der Waals surface area contributed by atoms with Gasteiger partial charge >= 0.3 is 0 Å². The lowest BCUT2D eigenvalue weighted by Gasteiger charge is -2.10. The summed E-state index contributed by atoms with van der Waals surface area (Å²) in [5, 5.41) is 9.59. The van der Waals surface area contributed by atoms with E-state index in [1.54, 1.807) is 0 Å². The minimum Gasteiger partial charge on any atom is -0.489 e. The Morgan fingerprint density at radius 1 is 1.05 bits per heavy atom. The molecule has 3 heteroatoms. The fourth-order valence-corrected chi connectivity index (χ4v) is 1.77. The van der Waals surface area contributed by atoms with E-state index in [0.717, 1.165) is 16.9 Å². The van der Waals surface area contributed by atoms with Crippen LogP contribution in [0.25, 0.3) is 0 Å². The third-order valence-corrected chi connectivity index (χ3v) is 3.01. The molecule has 0 bridgehead atoms. The smallest absolute Gasteiger partial charge is 0.119 e. The van der Waals surface area contributed by atoms with Crippen molar-refractivity contribution in [3.63, 3.8) is 0 Å². The molecule has 0 aliphatic heterocycles. The van der Waals surface area contributed by atoms with Gasteiger partial charge in [0.2, 0.25) is 0 Å². The minimum atomic E-state index is -0.605. The molecule has 0 fully saturated rings. The van der Waals surface area contributed by atoms with Gasteiger partial charge in [-0.2, -0.15) is 0 Å². The van der Waals surface area contributed by atoms with Gasteiger partial charge in [-0.3, -0.25) is 0 Å². The van der Waals surface area contributed by atoms with Gasteiger partial charge in [-0.25, -0.2) is 0 Å². The van der Waals surface area contributed by atoms with Crippen molar-refractivity contribution in [3.8, 4) is 5.75 Å². The number of ether oxygens (including phenoxy) is 1.